The molecule has 0 aliphatic carbocycles. The van der Waals surface area contributed by atoms with E-state index in [-0.39, 0.29) is 0 Å². The number of nitrogen functional groups attached to an aromatic ring is 4. The van der Waals surface area contributed by atoms with Crippen LogP contribution in [0, 0.1) is 0 Å². The van der Waals surface area contributed by atoms with Crippen LogP contribution < -0.4 is 22.9 Å². The molecule has 0 aliphatic heterocycles. The molecule has 26 heavy (non-hydrogen) atoms. The average molecular weight is 387 g/mol. The van der Waals surface area contributed by atoms with Crippen molar-refractivity contribution < 1.29 is 0 Å². The Morgan fingerprint density at radius 3 is 1.31 bits per heavy atom. The van der Waals surface area contributed by atoms with Gasteiger partial charge in [0.2, 0.25) is 0 Å². The van der Waals surface area contributed by atoms with Gasteiger partial charge in [0, 0.05) is 23.6 Å². The van der Waals surface area contributed by atoms with Gasteiger partial charge in [-0.05, 0) is 11.1 Å². The second kappa shape index (κ2) is 8.11. The molecule has 0 saturated heterocycles. The summed E-state index contributed by atoms with van der Waals surface area (Å²) in [6.45, 7) is 0. The molecule has 2 heterocycles. The van der Waals surface area contributed by atoms with Crippen LogP contribution in [0.25, 0.3) is 0 Å². The third-order valence-electron chi connectivity index (χ3n) is 3.32. The quantitative estimate of drug-likeness (QED) is 0.366. The molecule has 1 aromatic carbocycles. The maximum atomic E-state index is 5.71. The molecule has 8 nitrogen and oxygen atoms in total. The fourth-order valence-electron chi connectivity index (χ4n) is 2.18. The molecule has 0 unspecified atom stereocenters. The van der Waals surface area contributed by atoms with E-state index in [0.29, 0.717) is 45.1 Å². The number of nitrogens with zero attached hydrogens (tertiary/aromatic N) is 4. The highest BCUT2D eigenvalue weighted by atomic mass is 32.2. The summed E-state index contributed by atoms with van der Waals surface area (Å²) in [7, 11) is 0. The summed E-state index contributed by atoms with van der Waals surface area (Å²) in [6.07, 6.45) is 0. The molecule has 3 rings (SSSR count). The van der Waals surface area contributed by atoms with Gasteiger partial charge in [0.05, 0.1) is 0 Å². The standard InChI is InChI=1S/C16H18N8S2/c17-11-5-12(18)22-15(21-11)25-7-9-3-1-2-4-10(9)8-26-16-23-13(19)6-14(20)24-16/h1-6H,7-8H2,(H4,17,18,21,22)(H4,19,20,23,24). The number of hydrogen-bond donors (Lipinski definition) is 4. The molecule has 0 saturated carbocycles. The largest absolute Gasteiger partial charge is 0.383 e. The van der Waals surface area contributed by atoms with Gasteiger partial charge in [-0.15, -0.1) is 0 Å². The smallest absolute Gasteiger partial charge is 0.191 e. The summed E-state index contributed by atoms with van der Waals surface area (Å²) in [5.41, 5.74) is 25.2. The second-order valence-corrected chi connectivity index (χ2v) is 7.23. The minimum atomic E-state index is 0.361. The van der Waals surface area contributed by atoms with E-state index in [0.717, 1.165) is 11.1 Å². The van der Waals surface area contributed by atoms with Crippen LogP contribution in [0.1, 0.15) is 11.1 Å². The molecular weight excluding hydrogens is 368 g/mol. The molecule has 134 valence electrons. The van der Waals surface area contributed by atoms with E-state index in [2.05, 4.69) is 32.1 Å². The zero-order valence-corrected chi connectivity index (χ0v) is 15.4. The Kier molecular flexibility index (Phi) is 5.64. The van der Waals surface area contributed by atoms with Crippen molar-refractivity contribution in [1.29, 1.82) is 0 Å². The number of anilines is 4. The fraction of sp³-hybridized carbons (Fsp3) is 0.125. The van der Waals surface area contributed by atoms with Crippen LogP contribution in [0.2, 0.25) is 0 Å². The summed E-state index contributed by atoms with van der Waals surface area (Å²) < 4.78 is 0. The normalized spacial score (nSPS) is 10.8. The van der Waals surface area contributed by atoms with Gasteiger partial charge in [-0.2, -0.15) is 0 Å². The van der Waals surface area contributed by atoms with Crippen molar-refractivity contribution in [2.24, 2.45) is 0 Å². The zero-order chi connectivity index (χ0) is 18.5. The van der Waals surface area contributed by atoms with Gasteiger partial charge in [-0.3, -0.25) is 0 Å². The molecule has 0 bridgehead atoms. The van der Waals surface area contributed by atoms with Crippen molar-refractivity contribution in [1.82, 2.24) is 19.9 Å². The van der Waals surface area contributed by atoms with Crippen LogP contribution in [0.5, 0.6) is 0 Å². The van der Waals surface area contributed by atoms with Crippen LogP contribution in [-0.4, -0.2) is 19.9 Å². The predicted molar refractivity (Wildman–Crippen MR) is 107 cm³/mol. The van der Waals surface area contributed by atoms with E-state index in [1.54, 1.807) is 0 Å². The van der Waals surface area contributed by atoms with Crippen molar-refractivity contribution in [3.8, 4) is 0 Å². The molecule has 0 aliphatic rings. The van der Waals surface area contributed by atoms with Gasteiger partial charge >= 0.3 is 0 Å². The van der Waals surface area contributed by atoms with Gasteiger partial charge < -0.3 is 22.9 Å². The fourth-order valence-corrected chi connectivity index (χ4v) is 3.99. The number of hydrogen-bond acceptors (Lipinski definition) is 10. The molecule has 0 amide bonds. The molecular formula is C16H18N8S2. The first-order valence-corrected chi connectivity index (χ1v) is 9.59. The minimum absolute atomic E-state index is 0.361. The monoisotopic (exact) mass is 386 g/mol. The van der Waals surface area contributed by atoms with E-state index in [1.165, 1.54) is 35.7 Å². The summed E-state index contributed by atoms with van der Waals surface area (Å²) in [5.74, 6) is 2.83. The van der Waals surface area contributed by atoms with Gasteiger partial charge in [-0.25, -0.2) is 19.9 Å². The van der Waals surface area contributed by atoms with E-state index in [4.69, 9.17) is 22.9 Å². The first-order valence-electron chi connectivity index (χ1n) is 7.62. The van der Waals surface area contributed by atoms with Crippen LogP contribution >= 0.6 is 23.5 Å². The Hall–Kier alpha value is -2.72. The Morgan fingerprint density at radius 2 is 0.962 bits per heavy atom. The van der Waals surface area contributed by atoms with E-state index >= 15 is 0 Å². The molecule has 2 aromatic heterocycles. The highest BCUT2D eigenvalue weighted by Gasteiger charge is 2.08. The lowest BCUT2D eigenvalue weighted by molar-refractivity contribution is 0.981. The van der Waals surface area contributed by atoms with Crippen LogP contribution in [0.4, 0.5) is 23.3 Å². The van der Waals surface area contributed by atoms with Gasteiger partial charge in [0.1, 0.15) is 23.3 Å². The second-order valence-electron chi connectivity index (χ2n) is 5.35. The van der Waals surface area contributed by atoms with Crippen molar-refractivity contribution in [2.75, 3.05) is 22.9 Å². The molecule has 0 atom stereocenters. The van der Waals surface area contributed by atoms with E-state index < -0.39 is 0 Å². The van der Waals surface area contributed by atoms with Crippen LogP contribution in [0.3, 0.4) is 0 Å². The zero-order valence-electron chi connectivity index (χ0n) is 13.8. The highest BCUT2D eigenvalue weighted by molar-refractivity contribution is 7.98. The summed E-state index contributed by atoms with van der Waals surface area (Å²) in [6, 6.07) is 11.2. The lowest BCUT2D eigenvalue weighted by Crippen LogP contribution is -2.00. The number of nitrogens with two attached hydrogens (primary N) is 4. The van der Waals surface area contributed by atoms with Crippen molar-refractivity contribution in [2.45, 2.75) is 21.8 Å². The Morgan fingerprint density at radius 1 is 0.615 bits per heavy atom. The number of aromatic nitrogens is 4. The molecule has 0 fully saturated rings. The maximum absolute atomic E-state index is 5.71. The average Bonchev–Trinajstić information content (AvgIpc) is 2.57. The number of rotatable bonds is 6. The summed E-state index contributed by atoms with van der Waals surface area (Å²) in [4.78, 5) is 16.8. The Labute approximate surface area is 159 Å². The number of thioether (sulfide) groups is 2. The Balaban J connectivity index is 1.69. The molecule has 0 radical (unpaired) electrons. The van der Waals surface area contributed by atoms with Crippen molar-refractivity contribution in [3.63, 3.8) is 0 Å². The molecule has 8 N–H and O–H groups in total. The first-order chi connectivity index (χ1) is 12.5. The predicted octanol–water partition coefficient (Wildman–Crippen LogP) is 2.18. The third-order valence-corrected chi connectivity index (χ3v) is 5.11. The molecule has 0 spiro atoms. The first kappa shape index (κ1) is 18.1. The van der Waals surface area contributed by atoms with Gasteiger partial charge in [0.15, 0.2) is 10.3 Å². The van der Waals surface area contributed by atoms with Crippen LogP contribution in [-0.2, 0) is 11.5 Å². The van der Waals surface area contributed by atoms with E-state index in [9.17, 15) is 0 Å². The highest BCUT2D eigenvalue weighted by Crippen LogP contribution is 2.27. The topological polar surface area (TPSA) is 156 Å². The minimum Gasteiger partial charge on any atom is -0.383 e. The molecule has 3 aromatic rings. The Bertz CT molecular complexity index is 804. The number of benzene rings is 1. The summed E-state index contributed by atoms with van der Waals surface area (Å²) >= 11 is 2.96. The molecule has 10 heteroatoms. The van der Waals surface area contributed by atoms with Gasteiger partial charge in [0.25, 0.3) is 0 Å². The summed E-state index contributed by atoms with van der Waals surface area (Å²) in [5, 5.41) is 1.11. The van der Waals surface area contributed by atoms with Crippen molar-refractivity contribution >= 4 is 46.8 Å². The van der Waals surface area contributed by atoms with Crippen LogP contribution in [0.15, 0.2) is 46.7 Å². The van der Waals surface area contributed by atoms with Gasteiger partial charge in [-0.1, -0.05) is 47.8 Å². The SMILES string of the molecule is Nc1cc(N)nc(SCc2ccccc2CSc2nc(N)cc(N)n2)n1. The third kappa shape index (κ3) is 4.90. The van der Waals surface area contributed by atoms with Crippen molar-refractivity contribution in [3.05, 3.63) is 47.5 Å². The maximum Gasteiger partial charge on any atom is 0.191 e. The lowest BCUT2D eigenvalue weighted by Gasteiger charge is -2.09. The van der Waals surface area contributed by atoms with E-state index in [1.807, 2.05) is 12.1 Å². The lowest BCUT2D eigenvalue weighted by atomic mass is 10.1.